The first-order chi connectivity index (χ1) is 14.7. The molecule has 0 spiro atoms. The summed E-state index contributed by atoms with van der Waals surface area (Å²) in [5.41, 5.74) is 4.94. The maximum Gasteiger partial charge on any atom is 0.335 e. The summed E-state index contributed by atoms with van der Waals surface area (Å²) in [7, 11) is 0. The van der Waals surface area contributed by atoms with Crippen LogP contribution in [0.1, 0.15) is 29.2 Å². The summed E-state index contributed by atoms with van der Waals surface area (Å²) in [6, 6.07) is 12.2. The molecule has 0 aliphatic heterocycles. The molecule has 1 unspecified atom stereocenters. The van der Waals surface area contributed by atoms with Crippen molar-refractivity contribution in [3.8, 4) is 16.9 Å². The van der Waals surface area contributed by atoms with Crippen molar-refractivity contribution in [1.82, 2.24) is 0 Å². The van der Waals surface area contributed by atoms with Gasteiger partial charge in [0, 0.05) is 39.5 Å². The van der Waals surface area contributed by atoms with E-state index in [-0.39, 0.29) is 5.97 Å². The Morgan fingerprint density at radius 1 is 0.967 bits per heavy atom. The van der Waals surface area contributed by atoms with Crippen molar-refractivity contribution in [1.29, 1.82) is 0 Å². The molecular weight excluding hydrogens is 416 g/mol. The van der Waals surface area contributed by atoms with Crippen molar-refractivity contribution >= 4 is 34.2 Å². The zero-order chi connectivity index (χ0) is 20.9. The number of esters is 1. The van der Waals surface area contributed by atoms with E-state index in [1.165, 1.54) is 26.5 Å². The normalized spacial score (nSPS) is 12.9. The highest BCUT2D eigenvalue weighted by atomic mass is 32.1. The average Bonchev–Trinajstić information content (AvgIpc) is 3.45. The van der Waals surface area contributed by atoms with E-state index < -0.39 is 6.10 Å². The topological polar surface area (TPSA) is 44.8 Å². The van der Waals surface area contributed by atoms with E-state index in [0.717, 1.165) is 11.3 Å². The summed E-state index contributed by atoms with van der Waals surface area (Å²) in [6.07, 6.45) is 2.07. The Morgan fingerprint density at radius 2 is 1.63 bits per heavy atom. The summed E-state index contributed by atoms with van der Waals surface area (Å²) in [5, 5.41) is 4.29. The standard InChI is InChI=1S/C24H24O4S2/c1-3-26-21(24(25)27-4-2)15-16-5-7-17(8-6-16)28-12-9-20-22-18(10-13-29-22)19-11-14-30-23(19)20/h5-11,13-14,21H,3-4,12,15H2,1-2H3. The third kappa shape index (κ3) is 4.36. The van der Waals surface area contributed by atoms with Crippen LogP contribution in [0.15, 0.2) is 53.2 Å². The van der Waals surface area contributed by atoms with Crippen LogP contribution < -0.4 is 4.74 Å². The molecule has 6 heteroatoms. The molecule has 30 heavy (non-hydrogen) atoms. The molecule has 3 aromatic rings. The van der Waals surface area contributed by atoms with E-state index >= 15 is 0 Å². The van der Waals surface area contributed by atoms with E-state index in [1.54, 1.807) is 29.6 Å². The lowest BCUT2D eigenvalue weighted by molar-refractivity contribution is -0.156. The van der Waals surface area contributed by atoms with Gasteiger partial charge in [0.05, 0.1) is 6.61 Å². The molecule has 4 nitrogen and oxygen atoms in total. The SMILES string of the molecule is CCOC(=O)C(Cc1ccc(OCC=C2c3sccc3-c3ccsc32)cc1)OCC. The second-order valence-electron chi connectivity index (χ2n) is 6.80. The fourth-order valence-corrected chi connectivity index (χ4v) is 5.53. The summed E-state index contributed by atoms with van der Waals surface area (Å²) in [6.45, 7) is 5.00. The summed E-state index contributed by atoms with van der Waals surface area (Å²) < 4.78 is 16.6. The number of rotatable bonds is 9. The number of ether oxygens (including phenoxy) is 3. The molecular formula is C24H24O4S2. The van der Waals surface area contributed by atoms with E-state index in [2.05, 4.69) is 29.0 Å². The number of hydrogen-bond donors (Lipinski definition) is 0. The van der Waals surface area contributed by atoms with Crippen LogP contribution in [0.2, 0.25) is 0 Å². The van der Waals surface area contributed by atoms with Gasteiger partial charge in [-0.05, 0) is 60.5 Å². The summed E-state index contributed by atoms with van der Waals surface area (Å²) in [5.74, 6) is 0.485. The molecule has 0 amide bonds. The number of carbonyl (C=O) groups excluding carboxylic acids is 1. The van der Waals surface area contributed by atoms with Gasteiger partial charge in [0.25, 0.3) is 0 Å². The van der Waals surface area contributed by atoms with Gasteiger partial charge in [0.1, 0.15) is 12.4 Å². The smallest absolute Gasteiger partial charge is 0.335 e. The third-order valence-corrected chi connectivity index (χ3v) is 6.80. The Bertz CT molecular complexity index is 987. The monoisotopic (exact) mass is 440 g/mol. The van der Waals surface area contributed by atoms with Gasteiger partial charge in [0.15, 0.2) is 6.10 Å². The first-order valence-corrected chi connectivity index (χ1v) is 11.8. The van der Waals surface area contributed by atoms with Crippen molar-refractivity contribution in [2.75, 3.05) is 19.8 Å². The lowest BCUT2D eigenvalue weighted by Crippen LogP contribution is -2.28. The van der Waals surface area contributed by atoms with Crippen LogP contribution in [-0.4, -0.2) is 31.9 Å². The molecule has 2 aromatic heterocycles. The molecule has 1 aliphatic carbocycles. The molecule has 4 rings (SSSR count). The van der Waals surface area contributed by atoms with Crippen LogP contribution in [0, 0.1) is 0 Å². The Labute approximate surface area is 184 Å². The number of hydrogen-bond acceptors (Lipinski definition) is 6. The number of thiophene rings is 2. The van der Waals surface area contributed by atoms with Gasteiger partial charge in [-0.15, -0.1) is 22.7 Å². The molecule has 0 radical (unpaired) electrons. The lowest BCUT2D eigenvalue weighted by Gasteiger charge is -2.15. The van der Waals surface area contributed by atoms with Crippen LogP contribution in [-0.2, 0) is 20.7 Å². The second-order valence-corrected chi connectivity index (χ2v) is 8.63. The van der Waals surface area contributed by atoms with Crippen molar-refractivity contribution in [2.45, 2.75) is 26.4 Å². The predicted octanol–water partition coefficient (Wildman–Crippen LogP) is 5.81. The van der Waals surface area contributed by atoms with Gasteiger partial charge in [-0.2, -0.15) is 0 Å². The number of benzene rings is 1. The highest BCUT2D eigenvalue weighted by molar-refractivity contribution is 7.15. The first-order valence-electron chi connectivity index (χ1n) is 10.1. The zero-order valence-electron chi connectivity index (χ0n) is 17.1. The van der Waals surface area contributed by atoms with E-state index in [4.69, 9.17) is 14.2 Å². The molecule has 156 valence electrons. The van der Waals surface area contributed by atoms with Crippen LogP contribution >= 0.6 is 22.7 Å². The molecule has 0 bridgehead atoms. The van der Waals surface area contributed by atoms with Gasteiger partial charge < -0.3 is 14.2 Å². The highest BCUT2D eigenvalue weighted by Gasteiger charge is 2.25. The molecule has 0 N–H and O–H groups in total. The van der Waals surface area contributed by atoms with Gasteiger partial charge in [0.2, 0.25) is 0 Å². The van der Waals surface area contributed by atoms with E-state index in [9.17, 15) is 4.79 Å². The number of fused-ring (bicyclic) bond motifs is 3. The van der Waals surface area contributed by atoms with Crippen molar-refractivity contribution < 1.29 is 19.0 Å². The maximum atomic E-state index is 12.0. The Hall–Kier alpha value is -2.41. The minimum atomic E-state index is -0.575. The summed E-state index contributed by atoms with van der Waals surface area (Å²) in [4.78, 5) is 14.7. The van der Waals surface area contributed by atoms with Crippen LogP contribution in [0.25, 0.3) is 16.7 Å². The second kappa shape index (κ2) is 9.60. The molecule has 1 aromatic carbocycles. The van der Waals surface area contributed by atoms with Crippen molar-refractivity contribution in [2.24, 2.45) is 0 Å². The molecule has 0 saturated carbocycles. The predicted molar refractivity (Wildman–Crippen MR) is 122 cm³/mol. The quantitative estimate of drug-likeness (QED) is 0.308. The largest absolute Gasteiger partial charge is 0.490 e. The lowest BCUT2D eigenvalue weighted by atomic mass is 10.1. The van der Waals surface area contributed by atoms with Crippen LogP contribution in [0.4, 0.5) is 0 Å². The molecule has 0 fully saturated rings. The summed E-state index contributed by atoms with van der Waals surface area (Å²) >= 11 is 3.56. The minimum Gasteiger partial charge on any atom is -0.490 e. The molecule has 1 atom stereocenters. The third-order valence-electron chi connectivity index (χ3n) is 4.91. The van der Waals surface area contributed by atoms with Crippen molar-refractivity contribution in [3.63, 3.8) is 0 Å². The van der Waals surface area contributed by atoms with Crippen LogP contribution in [0.5, 0.6) is 5.75 Å². The molecule has 2 heterocycles. The van der Waals surface area contributed by atoms with Crippen LogP contribution in [0.3, 0.4) is 0 Å². The zero-order valence-corrected chi connectivity index (χ0v) is 18.7. The fourth-order valence-electron chi connectivity index (χ4n) is 3.55. The maximum absolute atomic E-state index is 12.0. The van der Waals surface area contributed by atoms with Gasteiger partial charge in [-0.25, -0.2) is 4.79 Å². The van der Waals surface area contributed by atoms with Gasteiger partial charge in [-0.1, -0.05) is 12.1 Å². The molecule has 0 saturated heterocycles. The minimum absolute atomic E-state index is 0.316. The Kier molecular flexibility index (Phi) is 6.67. The first kappa shape index (κ1) is 20.8. The average molecular weight is 441 g/mol. The Balaban J connectivity index is 1.38. The Morgan fingerprint density at radius 3 is 2.23 bits per heavy atom. The van der Waals surface area contributed by atoms with Gasteiger partial charge in [-0.3, -0.25) is 0 Å². The van der Waals surface area contributed by atoms with Crippen molar-refractivity contribution in [3.05, 3.63) is 68.6 Å². The van der Waals surface area contributed by atoms with E-state index in [1.807, 2.05) is 31.2 Å². The fraction of sp³-hybridized carbons (Fsp3) is 0.292. The number of carbonyl (C=O) groups is 1. The van der Waals surface area contributed by atoms with Gasteiger partial charge >= 0.3 is 5.97 Å². The highest BCUT2D eigenvalue weighted by Crippen LogP contribution is 2.49. The molecule has 1 aliphatic rings. The van der Waals surface area contributed by atoms with E-state index in [0.29, 0.717) is 26.2 Å².